The Morgan fingerprint density at radius 2 is 1.90 bits per heavy atom. The summed E-state index contributed by atoms with van der Waals surface area (Å²) in [6, 6.07) is 7.64. The highest BCUT2D eigenvalue weighted by Gasteiger charge is 2.09. The molecule has 0 radical (unpaired) electrons. The fourth-order valence-electron chi connectivity index (χ4n) is 1.66. The summed E-state index contributed by atoms with van der Waals surface area (Å²) in [7, 11) is 0. The number of hydrogen-bond donors (Lipinski definition) is 2. The summed E-state index contributed by atoms with van der Waals surface area (Å²) < 4.78 is 4.87. The van der Waals surface area contributed by atoms with Crippen molar-refractivity contribution >= 4 is 17.6 Å². The van der Waals surface area contributed by atoms with Crippen LogP contribution >= 0.6 is 0 Å². The monoisotopic (exact) mass is 286 g/mol. The van der Waals surface area contributed by atoms with Crippen LogP contribution in [0.2, 0.25) is 0 Å². The van der Waals surface area contributed by atoms with E-state index < -0.39 is 11.9 Å². The smallest absolute Gasteiger partial charge is 0.338 e. The van der Waals surface area contributed by atoms with Gasteiger partial charge in [-0.05, 0) is 37.3 Å². The van der Waals surface area contributed by atoms with Crippen molar-refractivity contribution in [1.29, 1.82) is 0 Å². The maximum absolute atomic E-state index is 11.9. The van der Waals surface area contributed by atoms with E-state index in [1.54, 1.807) is 31.2 Å². The van der Waals surface area contributed by atoms with Crippen LogP contribution in [-0.2, 0) is 4.74 Å². The largest absolute Gasteiger partial charge is 0.506 e. The third-order valence-electron chi connectivity index (χ3n) is 2.64. The predicted octanol–water partition coefficient (Wildman–Crippen LogP) is 2.22. The Hall–Kier alpha value is -2.89. The molecule has 6 nitrogen and oxygen atoms in total. The van der Waals surface area contributed by atoms with E-state index >= 15 is 0 Å². The molecular weight excluding hydrogens is 272 g/mol. The molecule has 0 atom stereocenters. The summed E-state index contributed by atoms with van der Waals surface area (Å²) >= 11 is 0. The molecule has 21 heavy (non-hydrogen) atoms. The molecule has 2 aromatic rings. The van der Waals surface area contributed by atoms with Gasteiger partial charge in [0, 0.05) is 11.9 Å². The quantitative estimate of drug-likeness (QED) is 0.841. The van der Waals surface area contributed by atoms with Gasteiger partial charge < -0.3 is 15.2 Å². The van der Waals surface area contributed by atoms with E-state index in [0.29, 0.717) is 17.9 Å². The van der Waals surface area contributed by atoms with Gasteiger partial charge in [-0.25, -0.2) is 4.79 Å². The summed E-state index contributed by atoms with van der Waals surface area (Å²) in [5.41, 5.74) is 1.18. The van der Waals surface area contributed by atoms with Crippen LogP contribution in [0, 0.1) is 0 Å². The molecule has 1 heterocycles. The van der Waals surface area contributed by atoms with E-state index in [4.69, 9.17) is 4.74 Å². The topological polar surface area (TPSA) is 88.5 Å². The first-order valence-electron chi connectivity index (χ1n) is 6.32. The summed E-state index contributed by atoms with van der Waals surface area (Å²) in [6.45, 7) is 2.04. The molecule has 0 unspecified atom stereocenters. The van der Waals surface area contributed by atoms with E-state index in [9.17, 15) is 14.7 Å². The lowest BCUT2D eigenvalue weighted by Gasteiger charge is -2.06. The second kappa shape index (κ2) is 6.51. The van der Waals surface area contributed by atoms with Gasteiger partial charge in [-0.3, -0.25) is 9.78 Å². The number of pyridine rings is 1. The summed E-state index contributed by atoms with van der Waals surface area (Å²) in [6.07, 6.45) is 2.59. The standard InChI is InChI=1S/C15H14N2O4/c1-2-21-15(20)10-3-5-12(6-4-10)17-14(19)11-7-13(18)9-16-8-11/h3-9,18H,2H2,1H3,(H,17,19). The maximum atomic E-state index is 11.9. The van der Waals surface area contributed by atoms with Crippen molar-refractivity contribution in [1.82, 2.24) is 4.98 Å². The van der Waals surface area contributed by atoms with Crippen molar-refractivity contribution in [2.75, 3.05) is 11.9 Å². The number of nitrogens with one attached hydrogen (secondary N) is 1. The molecule has 0 saturated carbocycles. The van der Waals surface area contributed by atoms with Crippen LogP contribution in [0.25, 0.3) is 0 Å². The Labute approximate surface area is 121 Å². The lowest BCUT2D eigenvalue weighted by atomic mass is 10.2. The highest BCUT2D eigenvalue weighted by Crippen LogP contribution is 2.14. The predicted molar refractivity (Wildman–Crippen MR) is 76.3 cm³/mol. The van der Waals surface area contributed by atoms with E-state index in [1.807, 2.05) is 0 Å². The van der Waals surface area contributed by atoms with Crippen molar-refractivity contribution in [3.63, 3.8) is 0 Å². The molecule has 0 fully saturated rings. The average Bonchev–Trinajstić information content (AvgIpc) is 2.48. The van der Waals surface area contributed by atoms with Crippen LogP contribution in [0.15, 0.2) is 42.7 Å². The zero-order chi connectivity index (χ0) is 15.2. The summed E-state index contributed by atoms with van der Waals surface area (Å²) in [5.74, 6) is -0.893. The number of carbonyl (C=O) groups is 2. The van der Waals surface area contributed by atoms with Crippen LogP contribution in [0.5, 0.6) is 5.75 Å². The van der Waals surface area contributed by atoms with E-state index in [2.05, 4.69) is 10.3 Å². The molecule has 1 aromatic carbocycles. The lowest BCUT2D eigenvalue weighted by Crippen LogP contribution is -2.12. The average molecular weight is 286 g/mol. The molecule has 0 saturated heterocycles. The number of hydrogen-bond acceptors (Lipinski definition) is 5. The molecular formula is C15H14N2O4. The number of aromatic nitrogens is 1. The normalized spacial score (nSPS) is 9.95. The highest BCUT2D eigenvalue weighted by molar-refractivity contribution is 6.04. The maximum Gasteiger partial charge on any atom is 0.338 e. The number of esters is 1. The summed E-state index contributed by atoms with van der Waals surface area (Å²) in [5, 5.41) is 11.9. The Balaban J connectivity index is 2.06. The number of carbonyl (C=O) groups excluding carboxylic acids is 2. The first kappa shape index (κ1) is 14.5. The van der Waals surface area contributed by atoms with Gasteiger partial charge in [0.2, 0.25) is 0 Å². The molecule has 6 heteroatoms. The molecule has 0 aliphatic rings. The Kier molecular flexibility index (Phi) is 4.50. The molecule has 0 aliphatic heterocycles. The van der Waals surface area contributed by atoms with Crippen molar-refractivity contribution in [3.05, 3.63) is 53.9 Å². The Morgan fingerprint density at radius 1 is 1.19 bits per heavy atom. The zero-order valence-electron chi connectivity index (χ0n) is 11.4. The zero-order valence-corrected chi connectivity index (χ0v) is 11.4. The number of ether oxygens (including phenoxy) is 1. The van der Waals surface area contributed by atoms with Crippen LogP contribution < -0.4 is 5.32 Å². The highest BCUT2D eigenvalue weighted by atomic mass is 16.5. The van der Waals surface area contributed by atoms with Crippen molar-refractivity contribution in [2.24, 2.45) is 0 Å². The van der Waals surface area contributed by atoms with Crippen molar-refractivity contribution in [3.8, 4) is 5.75 Å². The SMILES string of the molecule is CCOC(=O)c1ccc(NC(=O)c2cncc(O)c2)cc1. The molecule has 0 aliphatic carbocycles. The number of nitrogens with zero attached hydrogens (tertiary/aromatic N) is 1. The molecule has 1 amide bonds. The first-order valence-corrected chi connectivity index (χ1v) is 6.32. The minimum Gasteiger partial charge on any atom is -0.506 e. The molecule has 108 valence electrons. The Bertz CT molecular complexity index is 653. The third-order valence-corrected chi connectivity index (χ3v) is 2.64. The third kappa shape index (κ3) is 3.79. The van der Waals surface area contributed by atoms with E-state index in [-0.39, 0.29) is 11.3 Å². The minimum atomic E-state index is -0.410. The van der Waals surface area contributed by atoms with Gasteiger partial charge in [0.05, 0.1) is 23.9 Å². The molecule has 2 N–H and O–H groups in total. The van der Waals surface area contributed by atoms with E-state index in [0.717, 1.165) is 0 Å². The van der Waals surface area contributed by atoms with Crippen LogP contribution in [0.3, 0.4) is 0 Å². The lowest BCUT2D eigenvalue weighted by molar-refractivity contribution is 0.0526. The van der Waals surface area contributed by atoms with Crippen LogP contribution in [0.1, 0.15) is 27.6 Å². The van der Waals surface area contributed by atoms with Crippen molar-refractivity contribution < 1.29 is 19.4 Å². The molecule has 0 spiro atoms. The minimum absolute atomic E-state index is 0.0830. The van der Waals surface area contributed by atoms with Gasteiger partial charge >= 0.3 is 5.97 Å². The number of anilines is 1. The van der Waals surface area contributed by atoms with Gasteiger partial charge in [0.25, 0.3) is 5.91 Å². The molecule has 0 bridgehead atoms. The van der Waals surface area contributed by atoms with Crippen LogP contribution in [0.4, 0.5) is 5.69 Å². The Morgan fingerprint density at radius 3 is 2.52 bits per heavy atom. The molecule has 2 rings (SSSR count). The number of benzene rings is 1. The van der Waals surface area contributed by atoms with Crippen molar-refractivity contribution in [2.45, 2.75) is 6.92 Å². The van der Waals surface area contributed by atoms with Gasteiger partial charge in [0.1, 0.15) is 5.75 Å². The fourth-order valence-corrected chi connectivity index (χ4v) is 1.66. The van der Waals surface area contributed by atoms with Gasteiger partial charge in [-0.15, -0.1) is 0 Å². The van der Waals surface area contributed by atoms with Gasteiger partial charge in [-0.1, -0.05) is 0 Å². The second-order valence-electron chi connectivity index (χ2n) is 4.18. The first-order chi connectivity index (χ1) is 10.1. The summed E-state index contributed by atoms with van der Waals surface area (Å²) in [4.78, 5) is 27.2. The van der Waals surface area contributed by atoms with Gasteiger partial charge in [0.15, 0.2) is 0 Å². The van der Waals surface area contributed by atoms with Crippen LogP contribution in [-0.4, -0.2) is 28.6 Å². The van der Waals surface area contributed by atoms with Gasteiger partial charge in [-0.2, -0.15) is 0 Å². The number of aromatic hydroxyl groups is 1. The fraction of sp³-hybridized carbons (Fsp3) is 0.133. The van der Waals surface area contributed by atoms with E-state index in [1.165, 1.54) is 18.5 Å². The number of amides is 1. The second-order valence-corrected chi connectivity index (χ2v) is 4.18. The molecule has 1 aromatic heterocycles. The number of rotatable bonds is 4.